The molecule has 0 unspecified atom stereocenters. The second-order valence-corrected chi connectivity index (χ2v) is 4.94. The first-order valence-corrected chi connectivity index (χ1v) is 6.74. The lowest BCUT2D eigenvalue weighted by Gasteiger charge is -2.09. The van der Waals surface area contributed by atoms with Gasteiger partial charge in [-0.25, -0.2) is 10.8 Å². The summed E-state index contributed by atoms with van der Waals surface area (Å²) in [6.07, 6.45) is 0. The number of hydrogen-bond acceptors (Lipinski definition) is 3. The fraction of sp³-hybridized carbons (Fsp3) is 0. The quantitative estimate of drug-likeness (QED) is 0.434. The number of halogens is 1. The molecule has 0 aliphatic rings. The van der Waals surface area contributed by atoms with Gasteiger partial charge in [0.1, 0.15) is 0 Å². The first kappa shape index (κ1) is 13.5. The summed E-state index contributed by atoms with van der Waals surface area (Å²) in [5, 5.41) is 1.17. The third-order valence-electron chi connectivity index (χ3n) is 3.24. The summed E-state index contributed by atoms with van der Waals surface area (Å²) in [6.45, 7) is 0. The van der Waals surface area contributed by atoms with Crippen LogP contribution in [-0.2, 0) is 0 Å². The molecule has 0 aliphatic heterocycles. The summed E-state index contributed by atoms with van der Waals surface area (Å²) < 4.78 is 0. The Labute approximate surface area is 126 Å². The molecule has 0 saturated carbocycles. The van der Waals surface area contributed by atoms with E-state index in [9.17, 15) is 4.79 Å². The van der Waals surface area contributed by atoms with Crippen LogP contribution in [0.2, 0.25) is 5.02 Å². The van der Waals surface area contributed by atoms with Crippen molar-refractivity contribution in [3.8, 4) is 11.3 Å². The molecule has 0 aliphatic carbocycles. The van der Waals surface area contributed by atoms with Crippen LogP contribution >= 0.6 is 11.6 Å². The number of fused-ring (bicyclic) bond motifs is 1. The lowest BCUT2D eigenvalue weighted by Crippen LogP contribution is -2.30. The highest BCUT2D eigenvalue weighted by Gasteiger charge is 2.14. The maximum absolute atomic E-state index is 12.0. The molecule has 5 heteroatoms. The lowest BCUT2D eigenvalue weighted by molar-refractivity contribution is 0.0955. The van der Waals surface area contributed by atoms with E-state index in [1.54, 1.807) is 24.3 Å². The molecule has 0 bridgehead atoms. The Hall–Kier alpha value is -2.43. The third-order valence-corrected chi connectivity index (χ3v) is 3.54. The average molecular weight is 298 g/mol. The van der Waals surface area contributed by atoms with Gasteiger partial charge in [-0.05, 0) is 12.1 Å². The van der Waals surface area contributed by atoms with E-state index in [-0.39, 0.29) is 5.91 Å². The number of rotatable bonds is 2. The van der Waals surface area contributed by atoms with Crippen molar-refractivity contribution in [1.29, 1.82) is 0 Å². The zero-order valence-corrected chi connectivity index (χ0v) is 11.8. The Morgan fingerprint density at radius 1 is 1.10 bits per heavy atom. The number of hydrogen-bond donors (Lipinski definition) is 2. The first-order valence-electron chi connectivity index (χ1n) is 6.36. The highest BCUT2D eigenvalue weighted by molar-refractivity contribution is 6.35. The van der Waals surface area contributed by atoms with Crippen molar-refractivity contribution in [3.05, 3.63) is 65.2 Å². The first-order chi connectivity index (χ1) is 10.2. The molecular formula is C16H12ClN3O. The standard InChI is InChI=1S/C16H12ClN3O/c17-13-8-4-7-11-12(16(21)20-18)9-14(19-15(11)13)10-5-2-1-3-6-10/h1-9H,18H2,(H,20,21). The zero-order chi connectivity index (χ0) is 14.8. The molecule has 1 aromatic heterocycles. The van der Waals surface area contributed by atoms with Gasteiger partial charge in [0.2, 0.25) is 0 Å². The molecule has 0 saturated heterocycles. The predicted octanol–water partition coefficient (Wildman–Crippen LogP) is 3.16. The monoisotopic (exact) mass is 297 g/mol. The number of nitrogens with two attached hydrogens (primary N) is 1. The molecule has 0 spiro atoms. The minimum absolute atomic E-state index is 0.373. The normalized spacial score (nSPS) is 10.6. The molecular weight excluding hydrogens is 286 g/mol. The summed E-state index contributed by atoms with van der Waals surface area (Å²) in [6, 6.07) is 16.6. The van der Waals surface area contributed by atoms with Gasteiger partial charge in [0.25, 0.3) is 5.91 Å². The van der Waals surface area contributed by atoms with Crippen molar-refractivity contribution in [3.63, 3.8) is 0 Å². The van der Waals surface area contributed by atoms with Crippen LogP contribution in [0.3, 0.4) is 0 Å². The number of aromatic nitrogens is 1. The SMILES string of the molecule is NNC(=O)c1cc(-c2ccccc2)nc2c(Cl)cccc12. The van der Waals surface area contributed by atoms with Crippen molar-refractivity contribution in [2.24, 2.45) is 5.84 Å². The van der Waals surface area contributed by atoms with Crippen LogP contribution in [0, 0.1) is 0 Å². The van der Waals surface area contributed by atoms with Gasteiger partial charge in [0.15, 0.2) is 0 Å². The summed E-state index contributed by atoms with van der Waals surface area (Å²) in [4.78, 5) is 16.6. The number of carbonyl (C=O) groups is 1. The summed E-state index contributed by atoms with van der Waals surface area (Å²) in [5.41, 5.74) is 4.78. The Bertz CT molecular complexity index is 818. The summed E-state index contributed by atoms with van der Waals surface area (Å²) >= 11 is 6.21. The molecule has 104 valence electrons. The van der Waals surface area contributed by atoms with Crippen LogP contribution < -0.4 is 11.3 Å². The molecule has 3 rings (SSSR count). The van der Waals surface area contributed by atoms with Crippen LogP contribution in [0.4, 0.5) is 0 Å². The van der Waals surface area contributed by atoms with Gasteiger partial charge in [0, 0.05) is 10.9 Å². The number of nitrogens with one attached hydrogen (secondary N) is 1. The van der Waals surface area contributed by atoms with Crippen molar-refractivity contribution >= 4 is 28.4 Å². The fourth-order valence-corrected chi connectivity index (χ4v) is 2.45. The molecule has 3 aromatic rings. The van der Waals surface area contributed by atoms with Gasteiger partial charge in [-0.15, -0.1) is 0 Å². The van der Waals surface area contributed by atoms with Crippen LogP contribution in [0.25, 0.3) is 22.2 Å². The molecule has 0 atom stereocenters. The summed E-state index contributed by atoms with van der Waals surface area (Å²) in [7, 11) is 0. The van der Waals surface area contributed by atoms with Crippen molar-refractivity contribution < 1.29 is 4.79 Å². The average Bonchev–Trinajstić information content (AvgIpc) is 2.54. The van der Waals surface area contributed by atoms with E-state index in [1.807, 2.05) is 30.3 Å². The minimum Gasteiger partial charge on any atom is -0.290 e. The van der Waals surface area contributed by atoms with Crippen molar-refractivity contribution in [1.82, 2.24) is 10.4 Å². The number of amides is 1. The highest BCUT2D eigenvalue weighted by Crippen LogP contribution is 2.28. The maximum atomic E-state index is 12.0. The smallest absolute Gasteiger partial charge is 0.265 e. The fourth-order valence-electron chi connectivity index (χ4n) is 2.24. The van der Waals surface area contributed by atoms with Gasteiger partial charge < -0.3 is 0 Å². The van der Waals surface area contributed by atoms with Crippen molar-refractivity contribution in [2.75, 3.05) is 0 Å². The van der Waals surface area contributed by atoms with E-state index < -0.39 is 0 Å². The van der Waals surface area contributed by atoms with E-state index in [4.69, 9.17) is 17.4 Å². The largest absolute Gasteiger partial charge is 0.290 e. The zero-order valence-electron chi connectivity index (χ0n) is 11.0. The number of pyridine rings is 1. The van der Waals surface area contributed by atoms with E-state index in [0.29, 0.717) is 27.2 Å². The van der Waals surface area contributed by atoms with E-state index in [0.717, 1.165) is 5.56 Å². The molecule has 1 heterocycles. The van der Waals surface area contributed by atoms with Gasteiger partial charge in [-0.2, -0.15) is 0 Å². The van der Waals surface area contributed by atoms with Crippen LogP contribution in [-0.4, -0.2) is 10.9 Å². The molecule has 3 N–H and O–H groups in total. The second-order valence-electron chi connectivity index (χ2n) is 4.53. The molecule has 4 nitrogen and oxygen atoms in total. The molecule has 0 fully saturated rings. The lowest BCUT2D eigenvalue weighted by atomic mass is 10.0. The number of benzene rings is 2. The van der Waals surface area contributed by atoms with Crippen LogP contribution in [0.5, 0.6) is 0 Å². The van der Waals surface area contributed by atoms with Gasteiger partial charge in [-0.1, -0.05) is 54.1 Å². The van der Waals surface area contributed by atoms with E-state index in [1.165, 1.54) is 0 Å². The van der Waals surface area contributed by atoms with Gasteiger partial charge >= 0.3 is 0 Å². The predicted molar refractivity (Wildman–Crippen MR) is 83.8 cm³/mol. The van der Waals surface area contributed by atoms with E-state index >= 15 is 0 Å². The number of carbonyl (C=O) groups excluding carboxylic acids is 1. The van der Waals surface area contributed by atoms with Gasteiger partial charge in [-0.3, -0.25) is 10.2 Å². The second kappa shape index (κ2) is 5.52. The van der Waals surface area contributed by atoms with Crippen LogP contribution in [0.1, 0.15) is 10.4 Å². The Morgan fingerprint density at radius 2 is 1.86 bits per heavy atom. The molecule has 2 aromatic carbocycles. The minimum atomic E-state index is -0.373. The molecule has 1 amide bonds. The summed E-state index contributed by atoms with van der Waals surface area (Å²) in [5.74, 6) is 4.90. The number of para-hydroxylation sites is 1. The number of nitrogen functional groups attached to an aromatic ring is 1. The van der Waals surface area contributed by atoms with Gasteiger partial charge in [0.05, 0.1) is 21.8 Å². The Kier molecular flexibility index (Phi) is 3.56. The maximum Gasteiger partial charge on any atom is 0.265 e. The number of nitrogens with zero attached hydrogens (tertiary/aromatic N) is 1. The molecule has 0 radical (unpaired) electrons. The Morgan fingerprint density at radius 3 is 2.57 bits per heavy atom. The van der Waals surface area contributed by atoms with Crippen LogP contribution in [0.15, 0.2) is 54.6 Å². The third kappa shape index (κ3) is 2.46. The topological polar surface area (TPSA) is 68.0 Å². The molecule has 21 heavy (non-hydrogen) atoms. The highest BCUT2D eigenvalue weighted by atomic mass is 35.5. The number of hydrazine groups is 1. The Balaban J connectivity index is 2.33. The van der Waals surface area contributed by atoms with E-state index in [2.05, 4.69) is 10.4 Å². The van der Waals surface area contributed by atoms with Crippen molar-refractivity contribution in [2.45, 2.75) is 0 Å².